The van der Waals surface area contributed by atoms with Gasteiger partial charge in [0, 0.05) is 5.69 Å². The van der Waals surface area contributed by atoms with Gasteiger partial charge in [-0.1, -0.05) is 17.7 Å². The highest BCUT2D eigenvalue weighted by Gasteiger charge is 2.04. The van der Waals surface area contributed by atoms with Crippen molar-refractivity contribution in [2.24, 2.45) is 10.7 Å². The second-order valence-corrected chi connectivity index (χ2v) is 4.44. The summed E-state index contributed by atoms with van der Waals surface area (Å²) < 4.78 is 5.43. The summed E-state index contributed by atoms with van der Waals surface area (Å²) in [6, 6.07) is 7.93. The number of nitrogens with two attached hydrogens (primary N) is 1. The second-order valence-electron chi connectivity index (χ2n) is 4.44. The maximum atomic E-state index is 5.81. The average molecular weight is 258 g/mol. The standard InChI is InChI=1S/C14H18N4O/c1-9-4-6-12(7-5-9)18-14(15)16-8-13-17-10(2)11(3)19-13/h4-7H,8H2,1-3H3,(H3,15,16,18). The fourth-order valence-corrected chi connectivity index (χ4v) is 1.58. The van der Waals surface area contributed by atoms with Crippen molar-refractivity contribution in [1.82, 2.24) is 4.98 Å². The zero-order chi connectivity index (χ0) is 13.8. The number of guanidine groups is 1. The van der Waals surface area contributed by atoms with E-state index < -0.39 is 0 Å². The Kier molecular flexibility index (Phi) is 3.85. The lowest BCUT2D eigenvalue weighted by Crippen LogP contribution is -2.22. The molecule has 0 amide bonds. The van der Waals surface area contributed by atoms with Gasteiger partial charge in [0.2, 0.25) is 5.89 Å². The number of nitrogens with zero attached hydrogens (tertiary/aromatic N) is 2. The summed E-state index contributed by atoms with van der Waals surface area (Å²) in [7, 11) is 0. The topological polar surface area (TPSA) is 76.4 Å². The number of oxazole rings is 1. The van der Waals surface area contributed by atoms with Gasteiger partial charge in [0.25, 0.3) is 0 Å². The van der Waals surface area contributed by atoms with Crippen LogP contribution in [0.25, 0.3) is 0 Å². The zero-order valence-corrected chi connectivity index (χ0v) is 11.4. The average Bonchev–Trinajstić information content (AvgIpc) is 2.69. The fraction of sp³-hybridized carbons (Fsp3) is 0.286. The summed E-state index contributed by atoms with van der Waals surface area (Å²) >= 11 is 0. The molecule has 0 radical (unpaired) electrons. The number of benzene rings is 1. The van der Waals surface area contributed by atoms with E-state index in [-0.39, 0.29) is 0 Å². The monoisotopic (exact) mass is 258 g/mol. The van der Waals surface area contributed by atoms with Gasteiger partial charge in [-0.25, -0.2) is 9.98 Å². The van der Waals surface area contributed by atoms with Gasteiger partial charge in [0.05, 0.1) is 5.69 Å². The van der Waals surface area contributed by atoms with E-state index >= 15 is 0 Å². The molecule has 19 heavy (non-hydrogen) atoms. The maximum absolute atomic E-state index is 5.81. The Morgan fingerprint density at radius 3 is 2.53 bits per heavy atom. The van der Waals surface area contributed by atoms with Gasteiger partial charge in [-0.05, 0) is 32.9 Å². The highest BCUT2D eigenvalue weighted by molar-refractivity contribution is 5.92. The zero-order valence-electron chi connectivity index (χ0n) is 11.4. The molecule has 5 heteroatoms. The van der Waals surface area contributed by atoms with Crippen molar-refractivity contribution >= 4 is 11.6 Å². The number of aliphatic imine (C=N–C) groups is 1. The summed E-state index contributed by atoms with van der Waals surface area (Å²) in [5.41, 5.74) is 8.80. The molecular weight excluding hydrogens is 240 g/mol. The molecule has 1 heterocycles. The lowest BCUT2D eigenvalue weighted by Gasteiger charge is -2.05. The Morgan fingerprint density at radius 2 is 1.95 bits per heavy atom. The van der Waals surface area contributed by atoms with Crippen LogP contribution in [0, 0.1) is 20.8 Å². The van der Waals surface area contributed by atoms with Crippen LogP contribution in [0.5, 0.6) is 0 Å². The summed E-state index contributed by atoms with van der Waals surface area (Å²) in [5, 5.41) is 3.02. The Labute approximate surface area is 112 Å². The van der Waals surface area contributed by atoms with Gasteiger partial charge in [0.15, 0.2) is 5.96 Å². The predicted octanol–water partition coefficient (Wildman–Crippen LogP) is 2.53. The van der Waals surface area contributed by atoms with E-state index in [9.17, 15) is 0 Å². The van der Waals surface area contributed by atoms with Crippen LogP contribution in [0.4, 0.5) is 5.69 Å². The summed E-state index contributed by atoms with van der Waals surface area (Å²) in [6.07, 6.45) is 0. The predicted molar refractivity (Wildman–Crippen MR) is 76.1 cm³/mol. The molecule has 2 rings (SSSR count). The van der Waals surface area contributed by atoms with Gasteiger partial charge in [0.1, 0.15) is 12.3 Å². The van der Waals surface area contributed by atoms with Crippen LogP contribution in [0.15, 0.2) is 33.7 Å². The van der Waals surface area contributed by atoms with Crippen LogP contribution in [0.3, 0.4) is 0 Å². The number of aryl methyl sites for hydroxylation is 3. The van der Waals surface area contributed by atoms with E-state index in [4.69, 9.17) is 10.2 Å². The first-order valence-electron chi connectivity index (χ1n) is 6.11. The molecule has 0 aliphatic rings. The number of aromatic nitrogens is 1. The Hall–Kier alpha value is -2.30. The van der Waals surface area contributed by atoms with Gasteiger partial charge < -0.3 is 15.5 Å². The molecule has 0 unspecified atom stereocenters. The normalized spacial score (nSPS) is 11.6. The van der Waals surface area contributed by atoms with Crippen LogP contribution in [0.1, 0.15) is 22.9 Å². The van der Waals surface area contributed by atoms with Crippen LogP contribution in [-0.4, -0.2) is 10.9 Å². The van der Waals surface area contributed by atoms with Crippen molar-refractivity contribution in [3.63, 3.8) is 0 Å². The molecule has 5 nitrogen and oxygen atoms in total. The second kappa shape index (κ2) is 5.56. The first kappa shape index (κ1) is 13.1. The summed E-state index contributed by atoms with van der Waals surface area (Å²) in [4.78, 5) is 8.44. The number of hydrogen-bond donors (Lipinski definition) is 2. The van der Waals surface area contributed by atoms with E-state index in [1.807, 2.05) is 45.0 Å². The molecule has 0 fully saturated rings. The smallest absolute Gasteiger partial charge is 0.216 e. The van der Waals surface area contributed by atoms with Crippen molar-refractivity contribution in [1.29, 1.82) is 0 Å². The maximum Gasteiger partial charge on any atom is 0.216 e. The Balaban J connectivity index is 1.97. The lowest BCUT2D eigenvalue weighted by molar-refractivity contribution is 0.473. The molecule has 0 spiro atoms. The van der Waals surface area contributed by atoms with Crippen molar-refractivity contribution in [3.8, 4) is 0 Å². The van der Waals surface area contributed by atoms with Gasteiger partial charge >= 0.3 is 0 Å². The molecule has 0 saturated heterocycles. The third kappa shape index (κ3) is 3.58. The van der Waals surface area contributed by atoms with E-state index in [2.05, 4.69) is 15.3 Å². The Morgan fingerprint density at radius 1 is 1.26 bits per heavy atom. The summed E-state index contributed by atoms with van der Waals surface area (Å²) in [5.74, 6) is 1.73. The first-order valence-corrected chi connectivity index (χ1v) is 6.11. The highest BCUT2D eigenvalue weighted by Crippen LogP contribution is 2.10. The SMILES string of the molecule is Cc1ccc(NC(N)=NCc2nc(C)c(C)o2)cc1. The van der Waals surface area contributed by atoms with E-state index in [0.29, 0.717) is 18.4 Å². The molecule has 2 aromatic rings. The molecule has 0 aliphatic heterocycles. The lowest BCUT2D eigenvalue weighted by atomic mass is 10.2. The molecule has 100 valence electrons. The van der Waals surface area contributed by atoms with Crippen LogP contribution in [-0.2, 0) is 6.54 Å². The molecule has 0 aliphatic carbocycles. The van der Waals surface area contributed by atoms with Crippen molar-refractivity contribution in [3.05, 3.63) is 47.2 Å². The van der Waals surface area contributed by atoms with Crippen LogP contribution < -0.4 is 11.1 Å². The fourth-order valence-electron chi connectivity index (χ4n) is 1.58. The largest absolute Gasteiger partial charge is 0.444 e. The van der Waals surface area contributed by atoms with Gasteiger partial charge in [-0.2, -0.15) is 0 Å². The molecule has 3 N–H and O–H groups in total. The molecule has 0 saturated carbocycles. The van der Waals surface area contributed by atoms with Crippen LogP contribution >= 0.6 is 0 Å². The molecular formula is C14H18N4O. The third-order valence-electron chi connectivity index (χ3n) is 2.78. The van der Waals surface area contributed by atoms with Gasteiger partial charge in [-0.3, -0.25) is 0 Å². The Bertz CT molecular complexity index is 564. The van der Waals surface area contributed by atoms with Gasteiger partial charge in [-0.15, -0.1) is 0 Å². The molecule has 1 aromatic carbocycles. The van der Waals surface area contributed by atoms with Crippen LogP contribution in [0.2, 0.25) is 0 Å². The van der Waals surface area contributed by atoms with E-state index in [1.54, 1.807) is 0 Å². The number of rotatable bonds is 3. The van der Waals surface area contributed by atoms with E-state index in [0.717, 1.165) is 17.1 Å². The quantitative estimate of drug-likeness (QED) is 0.655. The number of anilines is 1. The molecule has 1 aromatic heterocycles. The minimum atomic E-state index is 0.333. The highest BCUT2D eigenvalue weighted by atomic mass is 16.4. The van der Waals surface area contributed by atoms with E-state index in [1.165, 1.54) is 5.56 Å². The molecule has 0 bridgehead atoms. The third-order valence-corrected chi connectivity index (χ3v) is 2.78. The minimum absolute atomic E-state index is 0.333. The first-order chi connectivity index (χ1) is 9.04. The number of nitrogens with one attached hydrogen (secondary N) is 1. The van der Waals surface area contributed by atoms with Crippen molar-refractivity contribution in [2.45, 2.75) is 27.3 Å². The summed E-state index contributed by atoms with van der Waals surface area (Å²) in [6.45, 7) is 6.15. The van der Waals surface area contributed by atoms with Crippen molar-refractivity contribution < 1.29 is 4.42 Å². The number of hydrogen-bond acceptors (Lipinski definition) is 3. The minimum Gasteiger partial charge on any atom is -0.444 e. The van der Waals surface area contributed by atoms with Crippen molar-refractivity contribution in [2.75, 3.05) is 5.32 Å². The molecule has 0 atom stereocenters.